The van der Waals surface area contributed by atoms with E-state index in [2.05, 4.69) is 5.32 Å². The first-order valence-corrected chi connectivity index (χ1v) is 8.68. The summed E-state index contributed by atoms with van der Waals surface area (Å²) in [5.41, 5.74) is 0.239. The maximum Gasteiger partial charge on any atom is 0.241 e. The number of methoxy groups -OCH3 is 1. The molecule has 1 aliphatic rings. The normalized spacial score (nSPS) is 18.0. The Morgan fingerprint density at radius 3 is 2.71 bits per heavy atom. The predicted octanol–water partition coefficient (Wildman–Crippen LogP) is 0.266. The Balaban J connectivity index is 0.00000288. The topological polar surface area (TPSA) is 102 Å². The summed E-state index contributed by atoms with van der Waals surface area (Å²) in [5.74, 6) is -1.50. The molecule has 136 valence electrons. The number of amides is 1. The second-order valence-corrected chi connectivity index (χ2v) is 7.00. The van der Waals surface area contributed by atoms with E-state index >= 15 is 0 Å². The van der Waals surface area contributed by atoms with Crippen molar-refractivity contribution in [3.05, 3.63) is 23.5 Å². The third-order valence-electron chi connectivity index (χ3n) is 3.76. The molecule has 2 rings (SSSR count). The fourth-order valence-electron chi connectivity index (χ4n) is 2.62. The van der Waals surface area contributed by atoms with Crippen molar-refractivity contribution in [2.24, 2.45) is 5.14 Å². The molecule has 1 fully saturated rings. The van der Waals surface area contributed by atoms with E-state index in [0.29, 0.717) is 19.6 Å². The van der Waals surface area contributed by atoms with Crippen LogP contribution < -0.4 is 15.2 Å². The van der Waals surface area contributed by atoms with Gasteiger partial charge in [0.15, 0.2) is 11.6 Å². The van der Waals surface area contributed by atoms with E-state index < -0.39 is 26.5 Å². The van der Waals surface area contributed by atoms with Crippen LogP contribution in [-0.4, -0.2) is 52.0 Å². The van der Waals surface area contributed by atoms with Gasteiger partial charge < -0.3 is 15.0 Å². The van der Waals surface area contributed by atoms with Crippen molar-refractivity contribution in [3.63, 3.8) is 0 Å². The molecule has 0 aromatic heterocycles. The summed E-state index contributed by atoms with van der Waals surface area (Å²) in [5, 5.41) is 8.26. The SMILES string of the molecule is COc1c(F)cc(CC(=O)N2CCNC[C@@H]2C)cc1S(N)(=O)=O.Cl. The molecule has 1 saturated heterocycles. The molecule has 1 aromatic carbocycles. The summed E-state index contributed by atoms with van der Waals surface area (Å²) in [7, 11) is -3.01. The lowest BCUT2D eigenvalue weighted by Crippen LogP contribution is -2.52. The molecule has 3 N–H and O–H groups in total. The van der Waals surface area contributed by atoms with Crippen LogP contribution in [-0.2, 0) is 21.2 Å². The zero-order valence-electron chi connectivity index (χ0n) is 13.4. The zero-order chi connectivity index (χ0) is 17.2. The molecule has 7 nitrogen and oxygen atoms in total. The van der Waals surface area contributed by atoms with Crippen LogP contribution in [0.15, 0.2) is 17.0 Å². The molecule has 0 radical (unpaired) electrons. The average Bonchev–Trinajstić information content (AvgIpc) is 2.46. The van der Waals surface area contributed by atoms with Crippen LogP contribution in [0, 0.1) is 5.82 Å². The smallest absolute Gasteiger partial charge is 0.241 e. The van der Waals surface area contributed by atoms with E-state index in [0.717, 1.165) is 13.2 Å². The number of nitrogens with zero attached hydrogens (tertiary/aromatic N) is 1. The van der Waals surface area contributed by atoms with Crippen molar-refractivity contribution < 1.29 is 22.3 Å². The van der Waals surface area contributed by atoms with Crippen molar-refractivity contribution in [2.45, 2.75) is 24.3 Å². The van der Waals surface area contributed by atoms with Crippen molar-refractivity contribution >= 4 is 28.3 Å². The molecule has 0 bridgehead atoms. The lowest BCUT2D eigenvalue weighted by Gasteiger charge is -2.34. The van der Waals surface area contributed by atoms with Gasteiger partial charge in [0.1, 0.15) is 4.90 Å². The number of nitrogens with one attached hydrogen (secondary N) is 1. The van der Waals surface area contributed by atoms with Gasteiger partial charge in [-0.2, -0.15) is 0 Å². The molecule has 0 saturated carbocycles. The summed E-state index contributed by atoms with van der Waals surface area (Å²) in [4.78, 5) is 13.6. The molecule has 10 heteroatoms. The van der Waals surface area contributed by atoms with Crippen molar-refractivity contribution in [1.29, 1.82) is 0 Å². The number of hydrogen-bond donors (Lipinski definition) is 2. The number of rotatable bonds is 4. The first-order chi connectivity index (χ1) is 10.7. The number of benzene rings is 1. The molecule has 1 aliphatic heterocycles. The Bertz CT molecular complexity index is 714. The van der Waals surface area contributed by atoms with Crippen molar-refractivity contribution in [1.82, 2.24) is 10.2 Å². The van der Waals surface area contributed by atoms with Crippen LogP contribution in [0.25, 0.3) is 0 Å². The van der Waals surface area contributed by atoms with Gasteiger partial charge in [0.05, 0.1) is 13.5 Å². The van der Waals surface area contributed by atoms with Crippen LogP contribution in [0.4, 0.5) is 4.39 Å². The number of primary sulfonamides is 1. The van der Waals surface area contributed by atoms with Gasteiger partial charge in [-0.1, -0.05) is 0 Å². The zero-order valence-corrected chi connectivity index (χ0v) is 15.0. The van der Waals surface area contributed by atoms with Gasteiger partial charge in [-0.3, -0.25) is 4.79 Å². The van der Waals surface area contributed by atoms with Gasteiger partial charge in [-0.15, -0.1) is 12.4 Å². The number of piperazine rings is 1. The van der Waals surface area contributed by atoms with Gasteiger partial charge in [0.25, 0.3) is 0 Å². The van der Waals surface area contributed by atoms with Crippen molar-refractivity contribution in [3.8, 4) is 5.75 Å². The number of halogens is 2. The summed E-state index contributed by atoms with van der Waals surface area (Å²) >= 11 is 0. The fraction of sp³-hybridized carbons (Fsp3) is 0.500. The number of ether oxygens (including phenoxy) is 1. The Morgan fingerprint density at radius 1 is 1.50 bits per heavy atom. The monoisotopic (exact) mass is 381 g/mol. The molecule has 1 atom stereocenters. The summed E-state index contributed by atoms with van der Waals surface area (Å²) in [6.45, 7) is 3.84. The molecule has 0 aliphatic carbocycles. The average molecular weight is 382 g/mol. The summed E-state index contributed by atoms with van der Waals surface area (Å²) < 4.78 is 42.0. The third-order valence-corrected chi connectivity index (χ3v) is 4.67. The molecule has 24 heavy (non-hydrogen) atoms. The number of nitrogens with two attached hydrogens (primary N) is 1. The van der Waals surface area contributed by atoms with E-state index in [1.165, 1.54) is 6.07 Å². The van der Waals surface area contributed by atoms with Crippen LogP contribution in [0.1, 0.15) is 12.5 Å². The van der Waals surface area contributed by atoms with E-state index in [1.807, 2.05) is 6.92 Å². The van der Waals surface area contributed by atoms with Gasteiger partial charge in [0.2, 0.25) is 15.9 Å². The molecule has 0 spiro atoms. The summed E-state index contributed by atoms with van der Waals surface area (Å²) in [6, 6.07) is 2.30. The second kappa shape index (κ2) is 8.11. The Hall–Kier alpha value is -1.42. The predicted molar refractivity (Wildman–Crippen MR) is 89.3 cm³/mol. The number of carbonyl (C=O) groups is 1. The van der Waals surface area contributed by atoms with Crippen molar-refractivity contribution in [2.75, 3.05) is 26.7 Å². The van der Waals surface area contributed by atoms with Crippen LogP contribution in [0.2, 0.25) is 0 Å². The first-order valence-electron chi connectivity index (χ1n) is 7.13. The molecule has 1 aromatic rings. The fourth-order valence-corrected chi connectivity index (χ4v) is 3.38. The van der Waals surface area contributed by atoms with E-state index in [-0.39, 0.29) is 36.3 Å². The highest BCUT2D eigenvalue weighted by molar-refractivity contribution is 7.89. The lowest BCUT2D eigenvalue weighted by atomic mass is 10.1. The molecular formula is C14H21ClFN3O4S. The highest BCUT2D eigenvalue weighted by atomic mass is 35.5. The molecule has 1 amide bonds. The molecular weight excluding hydrogens is 361 g/mol. The number of hydrogen-bond acceptors (Lipinski definition) is 5. The van der Waals surface area contributed by atoms with Gasteiger partial charge in [-0.25, -0.2) is 17.9 Å². The Labute approximate surface area is 146 Å². The number of sulfonamides is 1. The Kier molecular flexibility index (Phi) is 6.97. The highest BCUT2D eigenvalue weighted by Crippen LogP contribution is 2.28. The first kappa shape index (κ1) is 20.6. The van der Waals surface area contributed by atoms with Crippen LogP contribution >= 0.6 is 12.4 Å². The van der Waals surface area contributed by atoms with Gasteiger partial charge in [0, 0.05) is 25.7 Å². The standard InChI is InChI=1S/C14H20FN3O4S.ClH/c1-9-8-17-3-4-18(9)13(19)7-10-5-11(15)14(22-2)12(6-10)23(16,20)21;/h5-6,9,17H,3-4,7-8H2,1-2H3,(H2,16,20,21);1H/t9-;/m0./s1. The minimum atomic E-state index is -4.16. The summed E-state index contributed by atoms with van der Waals surface area (Å²) in [6.07, 6.45) is -0.103. The molecule has 0 unspecified atom stereocenters. The lowest BCUT2D eigenvalue weighted by molar-refractivity contribution is -0.133. The van der Waals surface area contributed by atoms with Gasteiger partial charge in [-0.05, 0) is 24.6 Å². The van der Waals surface area contributed by atoms with Crippen LogP contribution in [0.3, 0.4) is 0 Å². The third kappa shape index (κ3) is 4.56. The Morgan fingerprint density at radius 2 is 2.17 bits per heavy atom. The van der Waals surface area contributed by atoms with E-state index in [1.54, 1.807) is 4.90 Å². The largest absolute Gasteiger partial charge is 0.492 e. The van der Waals surface area contributed by atoms with E-state index in [9.17, 15) is 17.6 Å². The quantitative estimate of drug-likeness (QED) is 0.779. The highest BCUT2D eigenvalue weighted by Gasteiger charge is 2.25. The van der Waals surface area contributed by atoms with Gasteiger partial charge >= 0.3 is 0 Å². The maximum absolute atomic E-state index is 14.0. The maximum atomic E-state index is 14.0. The minimum absolute atomic E-state index is 0. The second-order valence-electron chi connectivity index (χ2n) is 5.47. The van der Waals surface area contributed by atoms with E-state index in [4.69, 9.17) is 9.88 Å². The molecule has 1 heterocycles. The minimum Gasteiger partial charge on any atom is -0.492 e. The van der Waals surface area contributed by atoms with Crippen LogP contribution in [0.5, 0.6) is 5.75 Å². The number of carbonyl (C=O) groups excluding carboxylic acids is 1.